The van der Waals surface area contributed by atoms with Crippen molar-refractivity contribution in [3.05, 3.63) is 65.2 Å². The Kier molecular flexibility index (Phi) is 5.99. The summed E-state index contributed by atoms with van der Waals surface area (Å²) in [5.41, 5.74) is 0.261. The molecule has 1 aliphatic rings. The summed E-state index contributed by atoms with van der Waals surface area (Å²) >= 11 is 0. The molecule has 0 atom stereocenters. The molecule has 28 heavy (non-hydrogen) atoms. The maximum Gasteiger partial charge on any atom is 0.416 e. The third kappa shape index (κ3) is 5.10. The van der Waals surface area contributed by atoms with Crippen molar-refractivity contribution in [3.8, 4) is 0 Å². The normalized spacial score (nSPS) is 14.6. The summed E-state index contributed by atoms with van der Waals surface area (Å²) in [7, 11) is 0. The number of nitrogens with one attached hydrogen (secondary N) is 1. The SMILES string of the molecule is O=C(Nc1ccc(CC(=O)N2CCOCC2)cc1)c1cccc(C(F)(F)F)c1. The van der Waals surface area contributed by atoms with E-state index in [4.69, 9.17) is 4.74 Å². The molecule has 0 unspecified atom stereocenters. The smallest absolute Gasteiger partial charge is 0.378 e. The molecule has 5 nitrogen and oxygen atoms in total. The zero-order chi connectivity index (χ0) is 20.1. The fourth-order valence-electron chi connectivity index (χ4n) is 2.85. The van der Waals surface area contributed by atoms with Crippen molar-refractivity contribution < 1.29 is 27.5 Å². The number of carbonyl (C=O) groups is 2. The highest BCUT2D eigenvalue weighted by molar-refractivity contribution is 6.04. The van der Waals surface area contributed by atoms with Crippen LogP contribution in [0.1, 0.15) is 21.5 Å². The van der Waals surface area contributed by atoms with Crippen molar-refractivity contribution in [1.29, 1.82) is 0 Å². The Morgan fingerprint density at radius 3 is 2.36 bits per heavy atom. The molecule has 1 aliphatic heterocycles. The third-order valence-electron chi connectivity index (χ3n) is 4.38. The average molecular weight is 392 g/mol. The number of ether oxygens (including phenoxy) is 1. The predicted octanol–water partition coefficient (Wildman–Crippen LogP) is 3.36. The van der Waals surface area contributed by atoms with E-state index in [1.54, 1.807) is 29.2 Å². The number of hydrogen-bond donors (Lipinski definition) is 1. The highest BCUT2D eigenvalue weighted by atomic mass is 19.4. The lowest BCUT2D eigenvalue weighted by atomic mass is 10.1. The van der Waals surface area contributed by atoms with Gasteiger partial charge in [0.05, 0.1) is 25.2 Å². The predicted molar refractivity (Wildman–Crippen MR) is 96.9 cm³/mol. The first-order valence-corrected chi connectivity index (χ1v) is 8.76. The second kappa shape index (κ2) is 8.43. The number of halogens is 3. The van der Waals surface area contributed by atoms with E-state index in [2.05, 4.69) is 5.32 Å². The molecule has 1 heterocycles. The van der Waals surface area contributed by atoms with Crippen LogP contribution in [0.4, 0.5) is 18.9 Å². The van der Waals surface area contributed by atoms with Gasteiger partial charge in [0.15, 0.2) is 0 Å². The molecule has 148 valence electrons. The van der Waals surface area contributed by atoms with Crippen LogP contribution in [-0.4, -0.2) is 43.0 Å². The zero-order valence-electron chi connectivity index (χ0n) is 15.0. The van der Waals surface area contributed by atoms with Crippen molar-refractivity contribution in [3.63, 3.8) is 0 Å². The first-order valence-electron chi connectivity index (χ1n) is 8.76. The van der Waals surface area contributed by atoms with Crippen molar-refractivity contribution in [2.75, 3.05) is 31.6 Å². The molecule has 1 N–H and O–H groups in total. The minimum Gasteiger partial charge on any atom is -0.378 e. The molecule has 2 amide bonds. The number of alkyl halides is 3. The highest BCUT2D eigenvalue weighted by Gasteiger charge is 2.30. The van der Waals surface area contributed by atoms with Gasteiger partial charge in [-0.05, 0) is 35.9 Å². The quantitative estimate of drug-likeness (QED) is 0.868. The standard InChI is InChI=1S/C20H19F3N2O3/c21-20(22,23)16-3-1-2-15(13-16)19(27)24-17-6-4-14(5-7-17)12-18(26)25-8-10-28-11-9-25/h1-7,13H,8-12H2,(H,24,27). The molecule has 8 heteroatoms. The van der Waals surface area contributed by atoms with Crippen LogP contribution in [0.5, 0.6) is 0 Å². The maximum absolute atomic E-state index is 12.8. The number of benzene rings is 2. The van der Waals surface area contributed by atoms with E-state index >= 15 is 0 Å². The average Bonchev–Trinajstić information content (AvgIpc) is 2.69. The second-order valence-electron chi connectivity index (χ2n) is 6.40. The molecule has 2 aromatic carbocycles. The lowest BCUT2D eigenvalue weighted by molar-refractivity contribution is -0.137. The zero-order valence-corrected chi connectivity index (χ0v) is 15.0. The highest BCUT2D eigenvalue weighted by Crippen LogP contribution is 2.29. The summed E-state index contributed by atoms with van der Waals surface area (Å²) in [6, 6.07) is 10.9. The van der Waals surface area contributed by atoms with E-state index in [9.17, 15) is 22.8 Å². The van der Waals surface area contributed by atoms with Gasteiger partial charge < -0.3 is 15.0 Å². The number of anilines is 1. The van der Waals surface area contributed by atoms with Gasteiger partial charge in [0.2, 0.25) is 5.91 Å². The lowest BCUT2D eigenvalue weighted by Crippen LogP contribution is -2.41. The third-order valence-corrected chi connectivity index (χ3v) is 4.38. The fourth-order valence-corrected chi connectivity index (χ4v) is 2.85. The van der Waals surface area contributed by atoms with E-state index in [0.29, 0.717) is 32.0 Å². The number of carbonyl (C=O) groups excluding carboxylic acids is 2. The molecule has 0 bridgehead atoms. The van der Waals surface area contributed by atoms with Crippen LogP contribution in [0.25, 0.3) is 0 Å². The molecule has 2 aromatic rings. The first kappa shape index (κ1) is 19.9. The molecular weight excluding hydrogens is 373 g/mol. The van der Waals surface area contributed by atoms with Crippen LogP contribution in [0.15, 0.2) is 48.5 Å². The topological polar surface area (TPSA) is 58.6 Å². The monoisotopic (exact) mass is 392 g/mol. The van der Waals surface area contributed by atoms with Crippen LogP contribution >= 0.6 is 0 Å². The van der Waals surface area contributed by atoms with E-state index in [-0.39, 0.29) is 17.9 Å². The fraction of sp³-hybridized carbons (Fsp3) is 0.300. The van der Waals surface area contributed by atoms with Crippen LogP contribution in [0, 0.1) is 0 Å². The molecule has 0 saturated carbocycles. The summed E-state index contributed by atoms with van der Waals surface area (Å²) in [6.45, 7) is 2.21. The van der Waals surface area contributed by atoms with Crippen LogP contribution in [-0.2, 0) is 22.1 Å². The number of hydrogen-bond acceptors (Lipinski definition) is 3. The lowest BCUT2D eigenvalue weighted by Gasteiger charge is -2.26. The number of rotatable bonds is 4. The van der Waals surface area contributed by atoms with Crippen molar-refractivity contribution in [2.45, 2.75) is 12.6 Å². The molecule has 0 aliphatic carbocycles. The first-order chi connectivity index (χ1) is 13.3. The van der Waals surface area contributed by atoms with Gasteiger partial charge in [-0.15, -0.1) is 0 Å². The molecule has 0 spiro atoms. The molecule has 0 aromatic heterocycles. The van der Waals surface area contributed by atoms with Crippen LogP contribution in [0.3, 0.4) is 0 Å². The Balaban J connectivity index is 1.61. The van der Waals surface area contributed by atoms with E-state index < -0.39 is 17.6 Å². The summed E-state index contributed by atoms with van der Waals surface area (Å²) < 4.78 is 43.5. The largest absolute Gasteiger partial charge is 0.416 e. The van der Waals surface area contributed by atoms with Crippen LogP contribution in [0.2, 0.25) is 0 Å². The van der Waals surface area contributed by atoms with Gasteiger partial charge in [-0.25, -0.2) is 0 Å². The number of nitrogens with zero attached hydrogens (tertiary/aromatic N) is 1. The van der Waals surface area contributed by atoms with Crippen molar-refractivity contribution in [1.82, 2.24) is 4.90 Å². The Morgan fingerprint density at radius 1 is 1.04 bits per heavy atom. The summed E-state index contributed by atoms with van der Waals surface area (Å²) in [4.78, 5) is 26.2. The van der Waals surface area contributed by atoms with Crippen molar-refractivity contribution in [2.24, 2.45) is 0 Å². The minimum atomic E-state index is -4.51. The van der Waals surface area contributed by atoms with E-state index in [0.717, 1.165) is 17.7 Å². The second-order valence-corrected chi connectivity index (χ2v) is 6.40. The van der Waals surface area contributed by atoms with Gasteiger partial charge in [-0.1, -0.05) is 18.2 Å². The molecule has 0 radical (unpaired) electrons. The molecule has 1 saturated heterocycles. The van der Waals surface area contributed by atoms with E-state index in [1.165, 1.54) is 12.1 Å². The Bertz CT molecular complexity index is 845. The van der Waals surface area contributed by atoms with Gasteiger partial charge >= 0.3 is 6.18 Å². The molecular formula is C20H19F3N2O3. The Hall–Kier alpha value is -2.87. The number of amides is 2. The van der Waals surface area contributed by atoms with E-state index in [1.807, 2.05) is 0 Å². The Morgan fingerprint density at radius 2 is 1.71 bits per heavy atom. The maximum atomic E-state index is 12.8. The van der Waals surface area contributed by atoms with Gasteiger partial charge in [-0.3, -0.25) is 9.59 Å². The summed E-state index contributed by atoms with van der Waals surface area (Å²) in [5.74, 6) is -0.632. The molecule has 1 fully saturated rings. The van der Waals surface area contributed by atoms with Gasteiger partial charge in [0.25, 0.3) is 5.91 Å². The van der Waals surface area contributed by atoms with Crippen LogP contribution < -0.4 is 5.32 Å². The molecule has 3 rings (SSSR count). The number of morpholine rings is 1. The van der Waals surface area contributed by atoms with Gasteiger partial charge in [0, 0.05) is 24.3 Å². The van der Waals surface area contributed by atoms with Crippen molar-refractivity contribution >= 4 is 17.5 Å². The Labute approximate surface area is 160 Å². The van der Waals surface area contributed by atoms with Gasteiger partial charge in [0.1, 0.15) is 0 Å². The summed E-state index contributed by atoms with van der Waals surface area (Å²) in [5, 5.41) is 2.56. The minimum absolute atomic E-state index is 0.00375. The van der Waals surface area contributed by atoms with Gasteiger partial charge in [-0.2, -0.15) is 13.2 Å². The summed E-state index contributed by atoms with van der Waals surface area (Å²) in [6.07, 6.45) is -4.27.